The summed E-state index contributed by atoms with van der Waals surface area (Å²) in [7, 11) is 0. The lowest BCUT2D eigenvalue weighted by atomic mass is 10.1. The Labute approximate surface area is 99.3 Å². The van der Waals surface area contributed by atoms with Gasteiger partial charge in [-0.05, 0) is 27.2 Å². The third kappa shape index (κ3) is 2.38. The molecule has 0 atom stereocenters. The van der Waals surface area contributed by atoms with Crippen LogP contribution in [-0.2, 0) is 12.0 Å². The van der Waals surface area contributed by atoms with Gasteiger partial charge < -0.3 is 0 Å². The van der Waals surface area contributed by atoms with E-state index in [1.165, 1.54) is 4.57 Å². The molecule has 1 rings (SSSR count). The Morgan fingerprint density at radius 1 is 1.31 bits per heavy atom. The van der Waals surface area contributed by atoms with Crippen molar-refractivity contribution in [1.29, 1.82) is 0 Å². The summed E-state index contributed by atoms with van der Waals surface area (Å²) in [6.45, 7) is 7.40. The molecule has 1 aromatic rings. The second kappa shape index (κ2) is 4.45. The predicted molar refractivity (Wildman–Crippen MR) is 65.3 cm³/mol. The molecule has 0 saturated heterocycles. The normalized spacial score (nSPS) is 11.8. The molecule has 1 heterocycles. The van der Waals surface area contributed by atoms with E-state index in [2.05, 4.69) is 4.98 Å². The largest absolute Gasteiger partial charge is 0.329 e. The molecule has 0 amide bonds. The van der Waals surface area contributed by atoms with Crippen LogP contribution in [0.15, 0.2) is 9.59 Å². The Hall–Kier alpha value is -1.03. The lowest BCUT2D eigenvalue weighted by molar-refractivity contribution is 0.364. The van der Waals surface area contributed by atoms with Crippen LogP contribution in [0, 0.1) is 0 Å². The fourth-order valence-electron chi connectivity index (χ4n) is 1.62. The van der Waals surface area contributed by atoms with Crippen LogP contribution in [0.3, 0.4) is 0 Å². The summed E-state index contributed by atoms with van der Waals surface area (Å²) in [6, 6.07) is 0. The molecule has 0 saturated carbocycles. The van der Waals surface area contributed by atoms with E-state index in [1.807, 2.05) is 27.7 Å². The van der Waals surface area contributed by atoms with Gasteiger partial charge in [-0.2, -0.15) is 0 Å². The van der Waals surface area contributed by atoms with E-state index >= 15 is 0 Å². The second-order valence-electron chi connectivity index (χ2n) is 4.78. The zero-order valence-electron chi connectivity index (χ0n) is 10.1. The molecule has 1 N–H and O–H groups in total. The van der Waals surface area contributed by atoms with Crippen LogP contribution in [0.4, 0.5) is 0 Å². The number of aromatic amines is 1. The van der Waals surface area contributed by atoms with Crippen molar-refractivity contribution >= 4 is 11.6 Å². The summed E-state index contributed by atoms with van der Waals surface area (Å²) in [4.78, 5) is 26.3. The molecule has 0 aliphatic carbocycles. The number of rotatable bonds is 2. The quantitative estimate of drug-likeness (QED) is 0.808. The average Bonchev–Trinajstić information content (AvgIpc) is 2.09. The highest BCUT2D eigenvalue weighted by Gasteiger charge is 2.21. The molecule has 5 heteroatoms. The molecule has 0 radical (unpaired) electrons. The van der Waals surface area contributed by atoms with Gasteiger partial charge >= 0.3 is 5.69 Å². The highest BCUT2D eigenvalue weighted by Crippen LogP contribution is 2.12. The summed E-state index contributed by atoms with van der Waals surface area (Å²) in [5.74, 6) is 0. The summed E-state index contributed by atoms with van der Waals surface area (Å²) in [6.07, 6.45) is 1.38. The average molecular weight is 245 g/mol. The topological polar surface area (TPSA) is 54.9 Å². The summed E-state index contributed by atoms with van der Waals surface area (Å²) < 4.78 is 1.21. The van der Waals surface area contributed by atoms with Crippen LogP contribution in [0.2, 0.25) is 5.15 Å². The molecule has 90 valence electrons. The molecular formula is C11H17ClN2O2. The van der Waals surface area contributed by atoms with Crippen LogP contribution in [0.1, 0.15) is 39.7 Å². The van der Waals surface area contributed by atoms with Gasteiger partial charge in [0.2, 0.25) is 0 Å². The molecular weight excluding hydrogens is 228 g/mol. The maximum absolute atomic E-state index is 12.1. The molecule has 0 aliphatic rings. The Morgan fingerprint density at radius 3 is 2.31 bits per heavy atom. The molecule has 0 bridgehead atoms. The van der Waals surface area contributed by atoms with Gasteiger partial charge in [-0.1, -0.05) is 24.9 Å². The van der Waals surface area contributed by atoms with Crippen molar-refractivity contribution in [2.45, 2.75) is 46.1 Å². The minimum absolute atomic E-state index is 0.164. The van der Waals surface area contributed by atoms with E-state index in [-0.39, 0.29) is 10.7 Å². The smallest absolute Gasteiger partial charge is 0.297 e. The van der Waals surface area contributed by atoms with Gasteiger partial charge in [0, 0.05) is 5.54 Å². The first kappa shape index (κ1) is 13.0. The van der Waals surface area contributed by atoms with E-state index in [1.54, 1.807) is 0 Å². The summed E-state index contributed by atoms with van der Waals surface area (Å²) in [5, 5.41) is 0.164. The van der Waals surface area contributed by atoms with Gasteiger partial charge in [-0.15, -0.1) is 0 Å². The highest BCUT2D eigenvalue weighted by molar-refractivity contribution is 6.30. The first-order valence-electron chi connectivity index (χ1n) is 5.33. The van der Waals surface area contributed by atoms with Crippen molar-refractivity contribution < 1.29 is 0 Å². The lowest BCUT2D eigenvalue weighted by Crippen LogP contribution is -2.46. The number of nitrogens with zero attached hydrogens (tertiary/aromatic N) is 1. The summed E-state index contributed by atoms with van der Waals surface area (Å²) in [5.41, 5.74) is -0.804. The standard InChI is InChI=1S/C11H17ClN2O2/c1-5-6-7-8(12)13-10(16)14(9(7)15)11(2,3)4/h5-6H2,1-4H3,(H,13,16). The Bertz CT molecular complexity index is 494. The molecule has 0 fully saturated rings. The van der Waals surface area contributed by atoms with Crippen molar-refractivity contribution in [2.75, 3.05) is 0 Å². The Balaban J connectivity index is 3.59. The van der Waals surface area contributed by atoms with Crippen molar-refractivity contribution in [3.8, 4) is 0 Å². The first-order chi connectivity index (χ1) is 7.29. The van der Waals surface area contributed by atoms with Gasteiger partial charge in [-0.3, -0.25) is 14.3 Å². The number of hydrogen-bond acceptors (Lipinski definition) is 2. The SMILES string of the molecule is CCCc1c(Cl)[nH]c(=O)n(C(C)(C)C)c1=O. The zero-order valence-corrected chi connectivity index (χ0v) is 10.8. The van der Waals surface area contributed by atoms with Crippen molar-refractivity contribution in [1.82, 2.24) is 9.55 Å². The van der Waals surface area contributed by atoms with Crippen molar-refractivity contribution in [3.05, 3.63) is 31.6 Å². The van der Waals surface area contributed by atoms with E-state index in [9.17, 15) is 9.59 Å². The predicted octanol–water partition coefficient (Wildman–Crippen LogP) is 1.90. The molecule has 4 nitrogen and oxygen atoms in total. The molecule has 0 aromatic carbocycles. The van der Waals surface area contributed by atoms with Crippen molar-refractivity contribution in [3.63, 3.8) is 0 Å². The number of halogens is 1. The van der Waals surface area contributed by atoms with Crippen LogP contribution in [0.25, 0.3) is 0 Å². The number of hydrogen-bond donors (Lipinski definition) is 1. The number of aromatic nitrogens is 2. The van der Waals surface area contributed by atoms with E-state index in [4.69, 9.17) is 11.6 Å². The first-order valence-corrected chi connectivity index (χ1v) is 5.71. The minimum atomic E-state index is -0.544. The monoisotopic (exact) mass is 244 g/mol. The highest BCUT2D eigenvalue weighted by atomic mass is 35.5. The van der Waals surface area contributed by atoms with Gasteiger partial charge in [-0.25, -0.2) is 4.79 Å². The van der Waals surface area contributed by atoms with Gasteiger partial charge in [0.25, 0.3) is 5.56 Å². The lowest BCUT2D eigenvalue weighted by Gasteiger charge is -2.21. The van der Waals surface area contributed by atoms with E-state index < -0.39 is 11.2 Å². The third-order valence-corrected chi connectivity index (χ3v) is 2.64. The van der Waals surface area contributed by atoms with E-state index in [0.717, 1.165) is 6.42 Å². The molecule has 0 aliphatic heterocycles. The third-order valence-electron chi connectivity index (χ3n) is 2.32. The molecule has 16 heavy (non-hydrogen) atoms. The molecule has 1 aromatic heterocycles. The van der Waals surface area contributed by atoms with Crippen LogP contribution >= 0.6 is 11.6 Å². The molecule has 0 spiro atoms. The Morgan fingerprint density at radius 2 is 1.88 bits per heavy atom. The van der Waals surface area contributed by atoms with Crippen molar-refractivity contribution in [2.24, 2.45) is 0 Å². The maximum atomic E-state index is 12.1. The fraction of sp³-hybridized carbons (Fsp3) is 0.636. The Kier molecular flexibility index (Phi) is 3.63. The van der Waals surface area contributed by atoms with Crippen LogP contribution in [-0.4, -0.2) is 9.55 Å². The number of H-pyrrole nitrogens is 1. The number of nitrogens with one attached hydrogen (secondary N) is 1. The van der Waals surface area contributed by atoms with E-state index in [0.29, 0.717) is 12.0 Å². The molecule has 0 unspecified atom stereocenters. The van der Waals surface area contributed by atoms with Crippen LogP contribution in [0.5, 0.6) is 0 Å². The summed E-state index contributed by atoms with van der Waals surface area (Å²) >= 11 is 5.87. The van der Waals surface area contributed by atoms with Gasteiger partial charge in [0.1, 0.15) is 5.15 Å². The van der Waals surface area contributed by atoms with Gasteiger partial charge in [0.15, 0.2) is 0 Å². The zero-order chi connectivity index (χ0) is 12.5. The maximum Gasteiger partial charge on any atom is 0.329 e. The second-order valence-corrected chi connectivity index (χ2v) is 5.16. The van der Waals surface area contributed by atoms with Gasteiger partial charge in [0.05, 0.1) is 5.56 Å². The fourth-order valence-corrected chi connectivity index (χ4v) is 1.88. The van der Waals surface area contributed by atoms with Crippen LogP contribution < -0.4 is 11.2 Å². The minimum Gasteiger partial charge on any atom is -0.297 e.